The number of nitro benzene ring substituents is 1. The first-order chi connectivity index (χ1) is 15.6. The smallest absolute Gasteiger partial charge is 0.312 e. The number of benzene rings is 3. The Morgan fingerprint density at radius 2 is 1.67 bits per heavy atom. The molecule has 0 aliphatic rings. The lowest BCUT2D eigenvalue weighted by Gasteiger charge is -2.04. The summed E-state index contributed by atoms with van der Waals surface area (Å²) in [6.45, 7) is 0. The Bertz CT molecular complexity index is 1460. The second kappa shape index (κ2) is 8.24. The Balaban J connectivity index is 1.75. The molecule has 0 amide bonds. The highest BCUT2D eigenvalue weighted by atomic mass is 79.9. The highest BCUT2D eigenvalue weighted by Crippen LogP contribution is 2.35. The molecule has 4 rings (SSSR count). The number of aromatic nitrogens is 1. The van der Waals surface area contributed by atoms with Gasteiger partial charge in [0.2, 0.25) is 17.5 Å². The lowest BCUT2D eigenvalue weighted by Crippen LogP contribution is -2.04. The van der Waals surface area contributed by atoms with E-state index in [1.165, 1.54) is 24.3 Å². The number of fused-ring (bicyclic) bond motifs is 1. The number of rotatable bonds is 4. The quantitative estimate of drug-likeness (QED) is 0.0835. The highest BCUT2D eigenvalue weighted by Gasteiger charge is 2.29. The van der Waals surface area contributed by atoms with Gasteiger partial charge in [0, 0.05) is 22.3 Å². The standard InChI is InChI=1S/C20H7BrF5N3O4/c21-8-3-7(19(30)11(4-8)29(31)32)6-27-9-1-2-12-10(5-9)28-20(33-12)13-14(22)16(24)18(26)17(25)15(13)23/h1-6,30H. The Kier molecular flexibility index (Phi) is 5.57. The van der Waals surface area contributed by atoms with E-state index in [-0.39, 0.29) is 22.4 Å². The molecular formula is C20H7BrF5N3O4. The normalized spacial score (nSPS) is 11.6. The van der Waals surface area contributed by atoms with Gasteiger partial charge in [0.05, 0.1) is 10.6 Å². The summed E-state index contributed by atoms with van der Waals surface area (Å²) >= 11 is 3.09. The summed E-state index contributed by atoms with van der Waals surface area (Å²) in [7, 11) is 0. The van der Waals surface area contributed by atoms with Gasteiger partial charge in [-0.25, -0.2) is 26.9 Å². The predicted molar refractivity (Wildman–Crippen MR) is 109 cm³/mol. The van der Waals surface area contributed by atoms with Gasteiger partial charge < -0.3 is 9.52 Å². The number of nitro groups is 1. The van der Waals surface area contributed by atoms with Crippen LogP contribution in [0.15, 0.2) is 44.2 Å². The van der Waals surface area contributed by atoms with Crippen molar-refractivity contribution in [2.45, 2.75) is 0 Å². The Morgan fingerprint density at radius 3 is 2.30 bits per heavy atom. The topological polar surface area (TPSA) is 102 Å². The number of phenols is 1. The molecule has 168 valence electrons. The maximum atomic E-state index is 14.0. The van der Waals surface area contributed by atoms with E-state index in [9.17, 15) is 37.2 Å². The second-order valence-electron chi connectivity index (χ2n) is 6.49. The largest absolute Gasteiger partial charge is 0.502 e. The van der Waals surface area contributed by atoms with Crippen LogP contribution in [0.2, 0.25) is 0 Å². The van der Waals surface area contributed by atoms with Crippen LogP contribution in [0.3, 0.4) is 0 Å². The van der Waals surface area contributed by atoms with Crippen LogP contribution in [0, 0.1) is 39.2 Å². The van der Waals surface area contributed by atoms with Gasteiger partial charge >= 0.3 is 5.69 Å². The van der Waals surface area contributed by atoms with Gasteiger partial charge in [-0.15, -0.1) is 0 Å². The fraction of sp³-hybridized carbons (Fsp3) is 0. The molecule has 0 spiro atoms. The fourth-order valence-electron chi connectivity index (χ4n) is 2.88. The molecule has 0 aliphatic heterocycles. The van der Waals surface area contributed by atoms with Crippen molar-refractivity contribution in [3.05, 3.63) is 79.6 Å². The third-order valence-electron chi connectivity index (χ3n) is 4.43. The number of oxazole rings is 1. The molecule has 7 nitrogen and oxygen atoms in total. The van der Waals surface area contributed by atoms with Gasteiger partial charge in [0.15, 0.2) is 28.9 Å². The van der Waals surface area contributed by atoms with Crippen LogP contribution in [0.1, 0.15) is 5.56 Å². The molecule has 0 saturated carbocycles. The van der Waals surface area contributed by atoms with E-state index in [0.29, 0.717) is 4.47 Å². The van der Waals surface area contributed by atoms with Gasteiger partial charge in [0.1, 0.15) is 11.1 Å². The molecule has 0 radical (unpaired) electrons. The predicted octanol–water partition coefficient (Wildman–Crippen LogP) is 6.32. The summed E-state index contributed by atoms with van der Waals surface area (Å²) in [4.78, 5) is 18.1. The number of halogens is 6. The molecule has 13 heteroatoms. The summed E-state index contributed by atoms with van der Waals surface area (Å²) in [5.41, 5.74) is -1.73. The molecule has 4 aromatic rings. The molecule has 3 aromatic carbocycles. The average Bonchev–Trinajstić information content (AvgIpc) is 3.19. The van der Waals surface area contributed by atoms with E-state index in [2.05, 4.69) is 25.9 Å². The zero-order valence-corrected chi connectivity index (χ0v) is 17.3. The van der Waals surface area contributed by atoms with E-state index in [1.54, 1.807) is 0 Å². The summed E-state index contributed by atoms with van der Waals surface area (Å²) in [5.74, 6) is -12.2. The van der Waals surface area contributed by atoms with E-state index in [0.717, 1.165) is 12.3 Å². The fourth-order valence-corrected chi connectivity index (χ4v) is 3.35. The van der Waals surface area contributed by atoms with E-state index in [1.807, 2.05) is 0 Å². The maximum absolute atomic E-state index is 14.0. The molecular weight excluding hydrogens is 521 g/mol. The van der Waals surface area contributed by atoms with Crippen molar-refractivity contribution >= 4 is 44.6 Å². The molecule has 1 aromatic heterocycles. The minimum Gasteiger partial charge on any atom is -0.502 e. The van der Waals surface area contributed by atoms with Gasteiger partial charge in [0.25, 0.3) is 0 Å². The molecule has 0 saturated heterocycles. The van der Waals surface area contributed by atoms with Crippen molar-refractivity contribution in [1.82, 2.24) is 4.98 Å². The summed E-state index contributed by atoms with van der Waals surface area (Å²) in [6, 6.07) is 6.41. The van der Waals surface area contributed by atoms with Gasteiger partial charge in [-0.3, -0.25) is 15.1 Å². The van der Waals surface area contributed by atoms with Crippen molar-refractivity contribution in [3.63, 3.8) is 0 Å². The van der Waals surface area contributed by atoms with Crippen LogP contribution < -0.4 is 0 Å². The molecule has 0 unspecified atom stereocenters. The van der Waals surface area contributed by atoms with Crippen molar-refractivity contribution in [3.8, 4) is 17.2 Å². The molecule has 0 fully saturated rings. The summed E-state index contributed by atoms with van der Waals surface area (Å²) < 4.78 is 73.8. The van der Waals surface area contributed by atoms with Crippen molar-refractivity contribution in [1.29, 1.82) is 0 Å². The zero-order valence-electron chi connectivity index (χ0n) is 15.7. The number of hydrogen-bond donors (Lipinski definition) is 1. The van der Waals surface area contributed by atoms with Gasteiger partial charge in [-0.1, -0.05) is 15.9 Å². The molecule has 0 atom stereocenters. The minimum atomic E-state index is -2.31. The van der Waals surface area contributed by atoms with Crippen LogP contribution in [0.5, 0.6) is 5.75 Å². The lowest BCUT2D eigenvalue weighted by atomic mass is 10.1. The molecule has 1 heterocycles. The first-order valence-corrected chi connectivity index (χ1v) is 9.51. The van der Waals surface area contributed by atoms with Crippen LogP contribution in [-0.4, -0.2) is 21.2 Å². The number of aliphatic imine (C=N–C) groups is 1. The maximum Gasteiger partial charge on any atom is 0.312 e. The monoisotopic (exact) mass is 527 g/mol. The number of hydrogen-bond acceptors (Lipinski definition) is 6. The van der Waals surface area contributed by atoms with Gasteiger partial charge in [-0.2, -0.15) is 0 Å². The van der Waals surface area contributed by atoms with Crippen molar-refractivity contribution in [2.24, 2.45) is 4.99 Å². The second-order valence-corrected chi connectivity index (χ2v) is 7.41. The first kappa shape index (κ1) is 22.3. The zero-order chi connectivity index (χ0) is 24.0. The summed E-state index contributed by atoms with van der Waals surface area (Å²) in [6.07, 6.45) is 1.12. The molecule has 1 N–H and O–H groups in total. The molecule has 0 bridgehead atoms. The average molecular weight is 528 g/mol. The Hall–Kier alpha value is -3.87. The van der Waals surface area contributed by atoms with Crippen LogP contribution >= 0.6 is 15.9 Å². The first-order valence-electron chi connectivity index (χ1n) is 8.71. The SMILES string of the molecule is O=[N+]([O-])c1cc(Br)cc(C=Nc2ccc3oc(-c4c(F)c(F)c(F)c(F)c4F)nc3c2)c1O. The van der Waals surface area contributed by atoms with Crippen LogP contribution in [0.4, 0.5) is 33.3 Å². The highest BCUT2D eigenvalue weighted by molar-refractivity contribution is 9.10. The van der Waals surface area contributed by atoms with Crippen molar-refractivity contribution in [2.75, 3.05) is 0 Å². The Labute approximate surface area is 188 Å². The van der Waals surface area contributed by atoms with Crippen molar-refractivity contribution < 1.29 is 36.4 Å². The van der Waals surface area contributed by atoms with E-state index < -0.39 is 56.9 Å². The Morgan fingerprint density at radius 1 is 1.03 bits per heavy atom. The minimum absolute atomic E-state index is 0.0124. The van der Waals surface area contributed by atoms with Crippen LogP contribution in [0.25, 0.3) is 22.6 Å². The number of phenolic OH excluding ortho intramolecular Hbond substituents is 1. The summed E-state index contributed by atoms with van der Waals surface area (Å²) in [5, 5.41) is 21.1. The van der Waals surface area contributed by atoms with E-state index >= 15 is 0 Å². The third-order valence-corrected chi connectivity index (χ3v) is 4.89. The van der Waals surface area contributed by atoms with Gasteiger partial charge in [-0.05, 0) is 24.3 Å². The van der Waals surface area contributed by atoms with E-state index in [4.69, 9.17) is 4.42 Å². The molecule has 33 heavy (non-hydrogen) atoms. The lowest BCUT2D eigenvalue weighted by molar-refractivity contribution is -0.385. The number of nitrogens with zero attached hydrogens (tertiary/aromatic N) is 3. The third kappa shape index (κ3) is 3.91. The van der Waals surface area contributed by atoms with Crippen LogP contribution in [-0.2, 0) is 0 Å². The molecule has 0 aliphatic carbocycles. The number of aromatic hydroxyl groups is 1.